The maximum atomic E-state index is 16.5. The van der Waals surface area contributed by atoms with Gasteiger partial charge in [-0.25, -0.2) is 4.39 Å². The van der Waals surface area contributed by atoms with Crippen LogP contribution in [0.15, 0.2) is 36.0 Å². The van der Waals surface area contributed by atoms with Crippen molar-refractivity contribution < 1.29 is 14.0 Å². The minimum absolute atomic E-state index is 0.0627. The number of halogens is 1. The van der Waals surface area contributed by atoms with Crippen molar-refractivity contribution in [2.75, 3.05) is 0 Å². The van der Waals surface area contributed by atoms with Crippen LogP contribution in [0.2, 0.25) is 0 Å². The molecule has 0 spiro atoms. The molecule has 0 aromatic carbocycles. The van der Waals surface area contributed by atoms with E-state index < -0.39 is 11.1 Å². The summed E-state index contributed by atoms with van der Waals surface area (Å²) in [5, 5.41) is 0. The molecular weight excluding hydrogens is 303 g/mol. The average molecular weight is 328 g/mol. The summed E-state index contributed by atoms with van der Waals surface area (Å²) in [6.45, 7) is 5.81. The molecule has 0 saturated heterocycles. The summed E-state index contributed by atoms with van der Waals surface area (Å²) in [5.41, 5.74) is -1.42. The Morgan fingerprint density at radius 1 is 1.21 bits per heavy atom. The summed E-state index contributed by atoms with van der Waals surface area (Å²) in [7, 11) is 0. The van der Waals surface area contributed by atoms with Crippen molar-refractivity contribution in [3.05, 3.63) is 36.0 Å². The molecule has 2 nitrogen and oxygen atoms in total. The van der Waals surface area contributed by atoms with Crippen molar-refractivity contribution in [3.63, 3.8) is 0 Å². The lowest BCUT2D eigenvalue weighted by atomic mass is 9.48. The Morgan fingerprint density at radius 3 is 2.67 bits per heavy atom. The van der Waals surface area contributed by atoms with Gasteiger partial charge in [0, 0.05) is 17.3 Å². The van der Waals surface area contributed by atoms with E-state index in [-0.39, 0.29) is 34.7 Å². The summed E-state index contributed by atoms with van der Waals surface area (Å²) < 4.78 is 16.5. The van der Waals surface area contributed by atoms with Gasteiger partial charge in [-0.3, -0.25) is 9.59 Å². The monoisotopic (exact) mass is 328 g/mol. The molecule has 4 rings (SSSR count). The van der Waals surface area contributed by atoms with Gasteiger partial charge in [-0.15, -0.1) is 0 Å². The molecule has 0 amide bonds. The third kappa shape index (κ3) is 1.76. The number of ketones is 2. The van der Waals surface area contributed by atoms with Gasteiger partial charge in [0.2, 0.25) is 0 Å². The van der Waals surface area contributed by atoms with E-state index in [2.05, 4.69) is 6.92 Å². The fraction of sp³-hybridized carbons (Fsp3) is 0.619. The molecule has 4 aliphatic carbocycles. The zero-order chi connectivity index (χ0) is 17.3. The molecule has 24 heavy (non-hydrogen) atoms. The fourth-order valence-electron chi connectivity index (χ4n) is 6.21. The fourth-order valence-corrected chi connectivity index (χ4v) is 6.21. The Kier molecular flexibility index (Phi) is 3.18. The molecule has 0 aromatic heterocycles. The van der Waals surface area contributed by atoms with Crippen LogP contribution in [0.25, 0.3) is 0 Å². The second kappa shape index (κ2) is 4.77. The van der Waals surface area contributed by atoms with Crippen LogP contribution >= 0.6 is 0 Å². The van der Waals surface area contributed by atoms with Crippen molar-refractivity contribution in [1.29, 1.82) is 0 Å². The molecule has 128 valence electrons. The van der Waals surface area contributed by atoms with E-state index in [9.17, 15) is 9.59 Å². The minimum Gasteiger partial charge on any atom is -0.300 e. The predicted molar refractivity (Wildman–Crippen MR) is 91.0 cm³/mol. The van der Waals surface area contributed by atoms with Gasteiger partial charge < -0.3 is 0 Å². The Bertz CT molecular complexity index is 717. The third-order valence-corrected chi connectivity index (χ3v) is 7.71. The maximum Gasteiger partial charge on any atom is 0.178 e. The molecule has 0 N–H and O–H groups in total. The lowest BCUT2D eigenvalue weighted by Crippen LogP contribution is -2.58. The normalized spacial score (nSPS) is 49.2. The first-order valence-corrected chi connectivity index (χ1v) is 9.05. The number of rotatable bonds is 1. The highest BCUT2D eigenvalue weighted by molar-refractivity contribution is 6.01. The van der Waals surface area contributed by atoms with E-state index in [1.54, 1.807) is 19.1 Å². The van der Waals surface area contributed by atoms with Gasteiger partial charge in [-0.1, -0.05) is 25.2 Å². The first-order valence-electron chi connectivity index (χ1n) is 9.05. The first-order chi connectivity index (χ1) is 11.2. The number of hydrogen-bond acceptors (Lipinski definition) is 2. The molecule has 2 fully saturated rings. The smallest absolute Gasteiger partial charge is 0.178 e. The number of allylic oxidation sites excluding steroid dienone is 6. The molecule has 0 radical (unpaired) electrons. The quantitative estimate of drug-likeness (QED) is 0.716. The highest BCUT2D eigenvalue weighted by Gasteiger charge is 2.65. The van der Waals surface area contributed by atoms with Gasteiger partial charge in [-0.05, 0) is 68.6 Å². The van der Waals surface area contributed by atoms with Crippen LogP contribution in [0, 0.1) is 28.6 Å². The standard InChI is InChI=1S/C21H25FO2/c1-13(23)16-6-7-17-18-5-4-14-12-15(24)8-9-20(14,3)21(18,22)11-10-19(16,17)2/h4-5,8-9,12,16-18H,6-7,10-11H2,1-3H3/t16-,17+,18+,19-,20+,21-/m1/s1. The zero-order valence-corrected chi connectivity index (χ0v) is 14.6. The Labute approximate surface area is 142 Å². The average Bonchev–Trinajstić information content (AvgIpc) is 2.87. The Morgan fingerprint density at radius 2 is 1.96 bits per heavy atom. The van der Waals surface area contributed by atoms with Crippen LogP contribution in [-0.4, -0.2) is 17.2 Å². The Balaban J connectivity index is 1.80. The van der Waals surface area contributed by atoms with Crippen LogP contribution < -0.4 is 0 Å². The summed E-state index contributed by atoms with van der Waals surface area (Å²) in [6, 6.07) is 0. The van der Waals surface area contributed by atoms with Crippen LogP contribution in [0.1, 0.15) is 46.5 Å². The van der Waals surface area contributed by atoms with Crippen molar-refractivity contribution in [3.8, 4) is 0 Å². The van der Waals surface area contributed by atoms with Gasteiger partial charge >= 0.3 is 0 Å². The highest BCUT2D eigenvalue weighted by atomic mass is 19.1. The molecule has 2 saturated carbocycles. The molecular formula is C21H25FO2. The Hall–Kier alpha value is -1.51. The predicted octanol–water partition coefficient (Wildman–Crippen LogP) is 4.37. The lowest BCUT2D eigenvalue weighted by molar-refractivity contribution is -0.131. The number of fused-ring (bicyclic) bond motifs is 5. The number of carbonyl (C=O) groups is 2. The SMILES string of the molecule is CC(=O)[C@H]1CC[C@H]2[C@@H]3C=CC4=CC(=O)C=C[C@]4(C)[C@@]3(F)CC[C@]12C. The number of carbonyl (C=O) groups excluding carboxylic acids is 2. The van der Waals surface area contributed by atoms with Crippen LogP contribution in [0.3, 0.4) is 0 Å². The summed E-state index contributed by atoms with van der Waals surface area (Å²) in [5.74, 6) is 0.272. The van der Waals surface area contributed by atoms with Crippen LogP contribution in [0.4, 0.5) is 4.39 Å². The molecule has 0 heterocycles. The van der Waals surface area contributed by atoms with E-state index >= 15 is 4.39 Å². The number of alkyl halides is 1. The summed E-state index contributed by atoms with van der Waals surface area (Å²) >= 11 is 0. The van der Waals surface area contributed by atoms with Gasteiger partial charge in [-0.2, -0.15) is 0 Å². The summed E-state index contributed by atoms with van der Waals surface area (Å²) in [4.78, 5) is 23.8. The number of Topliss-reactive ketones (excluding diaryl/α,β-unsaturated/α-hetero) is 1. The van der Waals surface area contributed by atoms with Gasteiger partial charge in [0.05, 0.1) is 0 Å². The highest BCUT2D eigenvalue weighted by Crippen LogP contribution is 2.67. The number of hydrogen-bond donors (Lipinski definition) is 0. The lowest BCUT2D eigenvalue weighted by Gasteiger charge is -2.58. The first kappa shape index (κ1) is 16.0. The van der Waals surface area contributed by atoms with Crippen LogP contribution in [-0.2, 0) is 9.59 Å². The maximum absolute atomic E-state index is 16.5. The van der Waals surface area contributed by atoms with E-state index in [4.69, 9.17) is 0 Å². The zero-order valence-electron chi connectivity index (χ0n) is 14.6. The van der Waals surface area contributed by atoms with E-state index in [1.165, 1.54) is 6.08 Å². The molecule has 0 bridgehead atoms. The molecule has 6 atom stereocenters. The van der Waals surface area contributed by atoms with Crippen molar-refractivity contribution in [2.24, 2.45) is 28.6 Å². The molecule has 0 unspecified atom stereocenters. The third-order valence-electron chi connectivity index (χ3n) is 7.71. The largest absolute Gasteiger partial charge is 0.300 e. The van der Waals surface area contributed by atoms with Gasteiger partial charge in [0.1, 0.15) is 11.5 Å². The van der Waals surface area contributed by atoms with E-state index in [0.717, 1.165) is 24.8 Å². The van der Waals surface area contributed by atoms with Crippen molar-refractivity contribution in [2.45, 2.75) is 52.1 Å². The van der Waals surface area contributed by atoms with Crippen molar-refractivity contribution in [1.82, 2.24) is 0 Å². The minimum atomic E-state index is -1.37. The molecule has 3 heteroatoms. The van der Waals surface area contributed by atoms with Gasteiger partial charge in [0.25, 0.3) is 0 Å². The molecule has 4 aliphatic rings. The second-order valence-corrected chi connectivity index (χ2v) is 8.64. The topological polar surface area (TPSA) is 34.1 Å². The van der Waals surface area contributed by atoms with Crippen molar-refractivity contribution >= 4 is 11.6 Å². The second-order valence-electron chi connectivity index (χ2n) is 8.64. The summed E-state index contributed by atoms with van der Waals surface area (Å²) in [6.07, 6.45) is 11.8. The molecule has 0 aliphatic heterocycles. The molecule has 0 aromatic rings. The van der Waals surface area contributed by atoms with Crippen LogP contribution in [0.5, 0.6) is 0 Å². The van der Waals surface area contributed by atoms with Gasteiger partial charge in [0.15, 0.2) is 5.78 Å². The van der Waals surface area contributed by atoms with E-state index in [1.807, 2.05) is 19.1 Å². The van der Waals surface area contributed by atoms with E-state index in [0.29, 0.717) is 6.42 Å².